The first-order valence-electron chi connectivity index (χ1n) is 8.54. The first-order chi connectivity index (χ1) is 10.6. The molecule has 1 spiro atoms. The lowest BCUT2D eigenvalue weighted by atomic mass is 9.68. The Morgan fingerprint density at radius 1 is 1.17 bits per heavy atom. The Morgan fingerprint density at radius 2 is 1.74 bits per heavy atom. The molecule has 0 aromatic carbocycles. The van der Waals surface area contributed by atoms with Gasteiger partial charge in [-0.15, -0.1) is 0 Å². The fourth-order valence-corrected chi connectivity index (χ4v) is 4.79. The molecule has 3 fully saturated rings. The molecular formula is C17H28N2O4. The maximum absolute atomic E-state index is 12.4. The summed E-state index contributed by atoms with van der Waals surface area (Å²) in [6.45, 7) is 6.29. The first kappa shape index (κ1) is 16.6. The van der Waals surface area contributed by atoms with Crippen molar-refractivity contribution in [2.24, 2.45) is 11.3 Å². The van der Waals surface area contributed by atoms with Crippen LogP contribution in [0.4, 0.5) is 4.79 Å². The van der Waals surface area contributed by atoms with E-state index < -0.39 is 17.5 Å². The Hall–Kier alpha value is -1.30. The maximum Gasteiger partial charge on any atom is 0.410 e. The summed E-state index contributed by atoms with van der Waals surface area (Å²) in [5, 5.41) is 9.73. The lowest BCUT2D eigenvalue weighted by Gasteiger charge is -2.45. The number of ether oxygens (including phenoxy) is 1. The van der Waals surface area contributed by atoms with E-state index >= 15 is 0 Å². The molecule has 0 radical (unpaired) electrons. The fraction of sp³-hybridized carbons (Fsp3) is 0.882. The average molecular weight is 324 g/mol. The Kier molecular flexibility index (Phi) is 3.86. The number of carbonyl (C=O) groups is 2. The molecule has 3 heterocycles. The molecule has 0 aromatic rings. The molecule has 6 heteroatoms. The largest absolute Gasteiger partial charge is 0.481 e. The molecule has 6 nitrogen and oxygen atoms in total. The molecule has 3 atom stereocenters. The second kappa shape index (κ2) is 5.36. The van der Waals surface area contributed by atoms with E-state index in [2.05, 4.69) is 11.9 Å². The lowest BCUT2D eigenvalue weighted by Crippen LogP contribution is -2.50. The highest BCUT2D eigenvalue weighted by Crippen LogP contribution is 2.52. The Labute approximate surface area is 137 Å². The number of aliphatic carboxylic acids is 1. The van der Waals surface area contributed by atoms with Gasteiger partial charge in [0.1, 0.15) is 5.60 Å². The van der Waals surface area contributed by atoms with Crippen LogP contribution in [0.25, 0.3) is 0 Å². The van der Waals surface area contributed by atoms with Crippen molar-refractivity contribution in [3.63, 3.8) is 0 Å². The normalized spacial score (nSPS) is 37.4. The van der Waals surface area contributed by atoms with Gasteiger partial charge in [-0.1, -0.05) is 0 Å². The molecule has 3 rings (SSSR count). The van der Waals surface area contributed by atoms with Gasteiger partial charge in [0.25, 0.3) is 0 Å². The third-order valence-corrected chi connectivity index (χ3v) is 5.87. The van der Waals surface area contributed by atoms with Crippen LogP contribution in [-0.2, 0) is 9.53 Å². The van der Waals surface area contributed by atoms with Crippen LogP contribution in [0.1, 0.15) is 46.5 Å². The minimum atomic E-state index is -0.778. The highest BCUT2D eigenvalue weighted by Gasteiger charge is 2.58. The van der Waals surface area contributed by atoms with Gasteiger partial charge in [0, 0.05) is 30.6 Å². The molecular weight excluding hydrogens is 296 g/mol. The quantitative estimate of drug-likeness (QED) is 0.800. The lowest BCUT2D eigenvalue weighted by molar-refractivity contribution is -0.146. The smallest absolute Gasteiger partial charge is 0.410 e. The van der Waals surface area contributed by atoms with Crippen LogP contribution >= 0.6 is 0 Å². The summed E-state index contributed by atoms with van der Waals surface area (Å²) in [4.78, 5) is 28.3. The number of amides is 1. The van der Waals surface area contributed by atoms with E-state index in [0.717, 1.165) is 25.7 Å². The highest BCUT2D eigenvalue weighted by atomic mass is 16.6. The molecule has 0 aromatic heterocycles. The van der Waals surface area contributed by atoms with Gasteiger partial charge in [-0.2, -0.15) is 0 Å². The van der Waals surface area contributed by atoms with Gasteiger partial charge in [0.15, 0.2) is 0 Å². The average Bonchev–Trinajstić information content (AvgIpc) is 2.84. The predicted molar refractivity (Wildman–Crippen MR) is 85.2 cm³/mol. The number of carboxylic acids is 1. The topological polar surface area (TPSA) is 70.1 Å². The number of likely N-dealkylation sites (tertiary alicyclic amines) is 1. The van der Waals surface area contributed by atoms with Crippen LogP contribution in [0, 0.1) is 11.3 Å². The Balaban J connectivity index is 1.80. The molecule has 3 aliphatic heterocycles. The molecule has 3 unspecified atom stereocenters. The SMILES string of the molecule is CN1C2CCC1CC1(C2)CN(C(=O)OC(C)(C)C)CC1C(=O)O. The Bertz CT molecular complexity index is 499. The van der Waals surface area contributed by atoms with Crippen molar-refractivity contribution in [3.8, 4) is 0 Å². The van der Waals surface area contributed by atoms with Gasteiger partial charge in [0.2, 0.25) is 0 Å². The molecule has 3 aliphatic rings. The van der Waals surface area contributed by atoms with Crippen molar-refractivity contribution in [2.75, 3.05) is 20.1 Å². The zero-order chi connectivity index (χ0) is 17.0. The molecule has 2 bridgehead atoms. The third kappa shape index (κ3) is 2.93. The maximum atomic E-state index is 12.4. The minimum absolute atomic E-state index is 0.271. The number of hydrogen-bond acceptors (Lipinski definition) is 4. The predicted octanol–water partition coefficient (Wildman–Crippen LogP) is 2.18. The van der Waals surface area contributed by atoms with Crippen molar-refractivity contribution in [2.45, 2.75) is 64.1 Å². The molecule has 0 aliphatic carbocycles. The van der Waals surface area contributed by atoms with Crippen LogP contribution in [-0.4, -0.2) is 64.8 Å². The number of carboxylic acid groups (broad SMARTS) is 1. The van der Waals surface area contributed by atoms with E-state index in [1.807, 2.05) is 20.8 Å². The fourth-order valence-electron chi connectivity index (χ4n) is 4.79. The van der Waals surface area contributed by atoms with Crippen molar-refractivity contribution in [1.29, 1.82) is 0 Å². The van der Waals surface area contributed by atoms with Gasteiger partial charge in [-0.25, -0.2) is 4.79 Å². The van der Waals surface area contributed by atoms with E-state index in [1.54, 1.807) is 4.90 Å². The molecule has 1 amide bonds. The van der Waals surface area contributed by atoms with E-state index in [9.17, 15) is 14.7 Å². The molecule has 0 saturated carbocycles. The van der Waals surface area contributed by atoms with Gasteiger partial charge >= 0.3 is 12.1 Å². The zero-order valence-electron chi connectivity index (χ0n) is 14.5. The van der Waals surface area contributed by atoms with Crippen LogP contribution in [0.3, 0.4) is 0 Å². The number of hydrogen-bond donors (Lipinski definition) is 1. The van der Waals surface area contributed by atoms with Gasteiger partial charge < -0.3 is 19.6 Å². The van der Waals surface area contributed by atoms with Crippen LogP contribution in [0.5, 0.6) is 0 Å². The van der Waals surface area contributed by atoms with Crippen molar-refractivity contribution in [1.82, 2.24) is 9.80 Å². The summed E-state index contributed by atoms with van der Waals surface area (Å²) in [6.07, 6.45) is 3.64. The van der Waals surface area contributed by atoms with Gasteiger partial charge in [-0.05, 0) is 53.5 Å². The van der Waals surface area contributed by atoms with Crippen LogP contribution < -0.4 is 0 Å². The number of fused-ring (bicyclic) bond motifs is 2. The van der Waals surface area contributed by atoms with Crippen molar-refractivity contribution in [3.05, 3.63) is 0 Å². The molecule has 23 heavy (non-hydrogen) atoms. The van der Waals surface area contributed by atoms with Gasteiger partial charge in [0.05, 0.1) is 5.92 Å². The van der Waals surface area contributed by atoms with Crippen LogP contribution in [0.15, 0.2) is 0 Å². The van der Waals surface area contributed by atoms with E-state index in [1.165, 1.54) is 0 Å². The second-order valence-electron chi connectivity index (χ2n) is 8.57. The zero-order valence-corrected chi connectivity index (χ0v) is 14.5. The van der Waals surface area contributed by atoms with E-state index in [4.69, 9.17) is 4.74 Å². The van der Waals surface area contributed by atoms with E-state index in [0.29, 0.717) is 18.6 Å². The van der Waals surface area contributed by atoms with Gasteiger partial charge in [-0.3, -0.25) is 4.79 Å². The highest BCUT2D eigenvalue weighted by molar-refractivity contribution is 5.75. The summed E-state index contributed by atoms with van der Waals surface area (Å²) in [5.74, 6) is -1.26. The monoisotopic (exact) mass is 324 g/mol. The number of piperidine rings is 1. The minimum Gasteiger partial charge on any atom is -0.481 e. The summed E-state index contributed by atoms with van der Waals surface area (Å²) in [5.41, 5.74) is -0.849. The summed E-state index contributed by atoms with van der Waals surface area (Å²) < 4.78 is 5.46. The van der Waals surface area contributed by atoms with Crippen LogP contribution in [0.2, 0.25) is 0 Å². The number of nitrogens with zero attached hydrogens (tertiary/aromatic N) is 2. The second-order valence-corrected chi connectivity index (χ2v) is 8.57. The Morgan fingerprint density at radius 3 is 2.22 bits per heavy atom. The van der Waals surface area contributed by atoms with E-state index in [-0.39, 0.29) is 18.1 Å². The molecule has 3 saturated heterocycles. The first-order valence-corrected chi connectivity index (χ1v) is 8.54. The summed E-state index contributed by atoms with van der Waals surface area (Å²) in [6, 6.07) is 0.906. The molecule has 130 valence electrons. The standard InChI is InChI=1S/C17H28N2O4/c1-16(2,3)23-15(22)19-9-13(14(20)21)17(10-19)7-11-5-6-12(8-17)18(11)4/h11-13H,5-10H2,1-4H3,(H,20,21). The number of rotatable bonds is 1. The number of carbonyl (C=O) groups excluding carboxylic acids is 1. The summed E-state index contributed by atoms with van der Waals surface area (Å²) >= 11 is 0. The molecule has 1 N–H and O–H groups in total. The van der Waals surface area contributed by atoms with Crippen molar-refractivity contribution >= 4 is 12.1 Å². The van der Waals surface area contributed by atoms with Crippen molar-refractivity contribution < 1.29 is 19.4 Å². The third-order valence-electron chi connectivity index (χ3n) is 5.87. The summed E-state index contributed by atoms with van der Waals surface area (Å²) in [7, 11) is 2.14.